The highest BCUT2D eigenvalue weighted by atomic mass is 16.5. The number of nitrogens with zero attached hydrogens (tertiary/aromatic N) is 1. The zero-order valence-corrected chi connectivity index (χ0v) is 11.7. The van der Waals surface area contributed by atoms with Crippen molar-refractivity contribution in [1.29, 1.82) is 0 Å². The maximum Gasteiger partial charge on any atom is 0.119 e. The van der Waals surface area contributed by atoms with Crippen molar-refractivity contribution >= 4 is 0 Å². The van der Waals surface area contributed by atoms with E-state index in [1.165, 1.54) is 18.4 Å². The molecule has 0 saturated heterocycles. The molecule has 1 unspecified atom stereocenters. The third kappa shape index (κ3) is 6.03. The van der Waals surface area contributed by atoms with Crippen LogP contribution in [0.3, 0.4) is 0 Å². The average molecular weight is 251 g/mol. The SMILES string of the molecule is CCCCN(C)CC(O)COc1ccc(C)cc1. The molecule has 0 aliphatic carbocycles. The Balaban J connectivity index is 2.24. The van der Waals surface area contributed by atoms with E-state index in [0.717, 1.165) is 12.3 Å². The van der Waals surface area contributed by atoms with E-state index in [0.29, 0.717) is 13.2 Å². The van der Waals surface area contributed by atoms with E-state index in [4.69, 9.17) is 4.74 Å². The molecule has 3 heteroatoms. The molecule has 0 spiro atoms. The maximum atomic E-state index is 9.87. The van der Waals surface area contributed by atoms with Crippen LogP contribution in [0.15, 0.2) is 24.3 Å². The highest BCUT2D eigenvalue weighted by Crippen LogP contribution is 2.11. The van der Waals surface area contributed by atoms with Gasteiger partial charge in [-0.15, -0.1) is 0 Å². The van der Waals surface area contributed by atoms with Gasteiger partial charge in [0, 0.05) is 6.54 Å². The van der Waals surface area contributed by atoms with Crippen LogP contribution in [-0.2, 0) is 0 Å². The summed E-state index contributed by atoms with van der Waals surface area (Å²) in [5.74, 6) is 0.816. The van der Waals surface area contributed by atoms with E-state index in [-0.39, 0.29) is 0 Å². The number of benzene rings is 1. The number of aliphatic hydroxyl groups is 1. The second-order valence-corrected chi connectivity index (χ2v) is 4.89. The van der Waals surface area contributed by atoms with E-state index in [1.54, 1.807) is 0 Å². The Morgan fingerprint density at radius 2 is 1.94 bits per heavy atom. The van der Waals surface area contributed by atoms with Crippen molar-refractivity contribution in [3.63, 3.8) is 0 Å². The molecule has 102 valence electrons. The topological polar surface area (TPSA) is 32.7 Å². The summed E-state index contributed by atoms with van der Waals surface area (Å²) in [6.45, 7) is 6.25. The van der Waals surface area contributed by atoms with Crippen molar-refractivity contribution in [3.05, 3.63) is 29.8 Å². The van der Waals surface area contributed by atoms with E-state index in [1.807, 2.05) is 38.2 Å². The van der Waals surface area contributed by atoms with E-state index >= 15 is 0 Å². The molecular formula is C15H25NO2. The summed E-state index contributed by atoms with van der Waals surface area (Å²) < 4.78 is 5.55. The number of ether oxygens (including phenoxy) is 1. The van der Waals surface area contributed by atoms with Gasteiger partial charge in [-0.25, -0.2) is 0 Å². The van der Waals surface area contributed by atoms with Gasteiger partial charge in [-0.05, 0) is 39.1 Å². The number of unbranched alkanes of at least 4 members (excludes halogenated alkanes) is 1. The van der Waals surface area contributed by atoms with E-state index in [9.17, 15) is 5.11 Å². The Labute approximate surface area is 110 Å². The van der Waals surface area contributed by atoms with Gasteiger partial charge in [0.25, 0.3) is 0 Å². The number of hydrogen-bond acceptors (Lipinski definition) is 3. The molecule has 1 aromatic carbocycles. The maximum absolute atomic E-state index is 9.87. The quantitative estimate of drug-likeness (QED) is 0.770. The van der Waals surface area contributed by atoms with Crippen molar-refractivity contribution in [2.75, 3.05) is 26.7 Å². The molecule has 0 bridgehead atoms. The smallest absolute Gasteiger partial charge is 0.119 e. The summed E-state index contributed by atoms with van der Waals surface area (Å²) in [4.78, 5) is 2.15. The molecule has 1 atom stereocenters. The molecule has 0 fully saturated rings. The number of likely N-dealkylation sites (N-methyl/N-ethyl adjacent to an activating group) is 1. The Kier molecular flexibility index (Phi) is 6.76. The Morgan fingerprint density at radius 1 is 1.28 bits per heavy atom. The van der Waals surface area contributed by atoms with Crippen molar-refractivity contribution in [2.24, 2.45) is 0 Å². The number of rotatable bonds is 8. The molecule has 1 aromatic rings. The summed E-state index contributed by atoms with van der Waals surface area (Å²) in [5, 5.41) is 9.87. The lowest BCUT2D eigenvalue weighted by Crippen LogP contribution is -2.33. The van der Waals surface area contributed by atoms with Crippen molar-refractivity contribution in [2.45, 2.75) is 32.8 Å². The molecule has 1 rings (SSSR count). The van der Waals surface area contributed by atoms with Gasteiger partial charge in [-0.3, -0.25) is 0 Å². The van der Waals surface area contributed by atoms with Gasteiger partial charge in [0.2, 0.25) is 0 Å². The standard InChI is InChI=1S/C15H25NO2/c1-4-5-10-16(3)11-14(17)12-18-15-8-6-13(2)7-9-15/h6-9,14,17H,4-5,10-12H2,1-3H3. The first kappa shape index (κ1) is 15.0. The summed E-state index contributed by atoms with van der Waals surface area (Å²) in [5.41, 5.74) is 1.21. The van der Waals surface area contributed by atoms with Crippen LogP contribution in [0.5, 0.6) is 5.75 Å². The van der Waals surface area contributed by atoms with Crippen molar-refractivity contribution in [3.8, 4) is 5.75 Å². The number of hydrogen-bond donors (Lipinski definition) is 1. The number of aliphatic hydroxyl groups excluding tert-OH is 1. The molecule has 0 aromatic heterocycles. The summed E-state index contributed by atoms with van der Waals surface area (Å²) >= 11 is 0. The van der Waals surface area contributed by atoms with Gasteiger partial charge in [0.1, 0.15) is 18.5 Å². The van der Waals surface area contributed by atoms with Gasteiger partial charge in [0.05, 0.1) is 0 Å². The van der Waals surface area contributed by atoms with Gasteiger partial charge in [0.15, 0.2) is 0 Å². The fraction of sp³-hybridized carbons (Fsp3) is 0.600. The molecule has 1 N–H and O–H groups in total. The molecule has 0 aliphatic heterocycles. The summed E-state index contributed by atoms with van der Waals surface area (Å²) in [6, 6.07) is 7.88. The number of aryl methyl sites for hydroxylation is 1. The Hall–Kier alpha value is -1.06. The summed E-state index contributed by atoms with van der Waals surface area (Å²) in [7, 11) is 2.03. The minimum atomic E-state index is -0.437. The molecule has 3 nitrogen and oxygen atoms in total. The minimum Gasteiger partial charge on any atom is -0.491 e. The van der Waals surface area contributed by atoms with Gasteiger partial charge in [-0.2, -0.15) is 0 Å². The van der Waals surface area contributed by atoms with Crippen LogP contribution in [0.4, 0.5) is 0 Å². The molecule has 0 amide bonds. The first-order valence-electron chi connectivity index (χ1n) is 6.68. The van der Waals surface area contributed by atoms with E-state index < -0.39 is 6.10 Å². The minimum absolute atomic E-state index is 0.347. The molecular weight excluding hydrogens is 226 g/mol. The van der Waals surface area contributed by atoms with Crippen LogP contribution in [0.1, 0.15) is 25.3 Å². The predicted octanol–water partition coefficient (Wildman–Crippen LogP) is 2.47. The lowest BCUT2D eigenvalue weighted by molar-refractivity contribution is 0.0760. The monoisotopic (exact) mass is 251 g/mol. The zero-order chi connectivity index (χ0) is 13.4. The molecule has 0 radical (unpaired) electrons. The largest absolute Gasteiger partial charge is 0.491 e. The third-order valence-electron chi connectivity index (χ3n) is 2.88. The molecule has 0 aliphatic rings. The van der Waals surface area contributed by atoms with Crippen LogP contribution in [-0.4, -0.2) is 42.9 Å². The highest BCUT2D eigenvalue weighted by Gasteiger charge is 2.08. The van der Waals surface area contributed by atoms with Gasteiger partial charge in [-0.1, -0.05) is 31.0 Å². The van der Waals surface area contributed by atoms with Crippen LogP contribution in [0.2, 0.25) is 0 Å². The second kappa shape index (κ2) is 8.11. The van der Waals surface area contributed by atoms with Crippen molar-refractivity contribution < 1.29 is 9.84 Å². The van der Waals surface area contributed by atoms with Crippen LogP contribution < -0.4 is 4.74 Å². The fourth-order valence-electron chi connectivity index (χ4n) is 1.76. The Bertz CT molecular complexity index is 324. The first-order chi connectivity index (χ1) is 8.61. The first-order valence-corrected chi connectivity index (χ1v) is 6.68. The normalized spacial score (nSPS) is 12.7. The van der Waals surface area contributed by atoms with Gasteiger partial charge < -0.3 is 14.7 Å². The van der Waals surface area contributed by atoms with Gasteiger partial charge >= 0.3 is 0 Å². The average Bonchev–Trinajstić information content (AvgIpc) is 2.35. The highest BCUT2D eigenvalue weighted by molar-refractivity contribution is 5.26. The van der Waals surface area contributed by atoms with Crippen LogP contribution in [0.25, 0.3) is 0 Å². The molecule has 0 heterocycles. The lowest BCUT2D eigenvalue weighted by Gasteiger charge is -2.20. The second-order valence-electron chi connectivity index (χ2n) is 4.89. The fourth-order valence-corrected chi connectivity index (χ4v) is 1.76. The zero-order valence-electron chi connectivity index (χ0n) is 11.7. The van der Waals surface area contributed by atoms with Crippen molar-refractivity contribution in [1.82, 2.24) is 4.90 Å². The van der Waals surface area contributed by atoms with E-state index in [2.05, 4.69) is 11.8 Å². The molecule has 0 saturated carbocycles. The summed E-state index contributed by atoms with van der Waals surface area (Å²) in [6.07, 6.45) is 1.91. The Morgan fingerprint density at radius 3 is 2.56 bits per heavy atom. The third-order valence-corrected chi connectivity index (χ3v) is 2.88. The van der Waals surface area contributed by atoms with Crippen LogP contribution in [0, 0.1) is 6.92 Å². The molecule has 18 heavy (non-hydrogen) atoms. The lowest BCUT2D eigenvalue weighted by atomic mass is 10.2. The predicted molar refractivity (Wildman–Crippen MR) is 75.1 cm³/mol. The van der Waals surface area contributed by atoms with Crippen LogP contribution >= 0.6 is 0 Å².